The third-order valence-electron chi connectivity index (χ3n) is 4.30. The molecule has 0 spiro atoms. The summed E-state index contributed by atoms with van der Waals surface area (Å²) in [6.45, 7) is 5.49. The number of hydrogen-bond acceptors (Lipinski definition) is 2. The van der Waals surface area contributed by atoms with Crippen molar-refractivity contribution in [1.29, 1.82) is 0 Å². The predicted molar refractivity (Wildman–Crippen MR) is 72.5 cm³/mol. The van der Waals surface area contributed by atoms with Gasteiger partial charge in [0.15, 0.2) is 0 Å². The van der Waals surface area contributed by atoms with Gasteiger partial charge >= 0.3 is 0 Å². The number of piperidine rings is 1. The molecule has 1 aromatic rings. The van der Waals surface area contributed by atoms with Gasteiger partial charge in [-0.3, -0.25) is 4.79 Å². The molecule has 0 unspecified atom stereocenters. The first-order chi connectivity index (χ1) is 8.56. The number of carbonyl (C=O) groups excluding carboxylic acids is 1. The third kappa shape index (κ3) is 1.88. The topological polar surface area (TPSA) is 32.3 Å². The molecule has 3 aliphatic heterocycles. The zero-order valence-electron chi connectivity index (χ0n) is 11.0. The van der Waals surface area contributed by atoms with Gasteiger partial charge in [-0.05, 0) is 24.0 Å². The van der Waals surface area contributed by atoms with Gasteiger partial charge in [-0.1, -0.05) is 32.0 Å². The van der Waals surface area contributed by atoms with Crippen molar-refractivity contribution in [2.75, 3.05) is 11.4 Å². The number of carbonyl (C=O) groups is 1. The molecule has 4 rings (SSSR count). The second kappa shape index (κ2) is 4.01. The van der Waals surface area contributed by atoms with Crippen LogP contribution in [0.3, 0.4) is 0 Å². The highest BCUT2D eigenvalue weighted by molar-refractivity contribution is 5.79. The molecule has 1 amide bonds. The smallest absolute Gasteiger partial charge is 0.222 e. The summed E-state index contributed by atoms with van der Waals surface area (Å²) in [7, 11) is 0. The van der Waals surface area contributed by atoms with E-state index in [0.29, 0.717) is 12.5 Å². The standard InChI is InChI=1S/C15H20N2O/c1-15(2)9-11-10-17(12-6-4-3-5-7-12)13(15)8-14(18)16-11/h3-7,11,13H,8-10H2,1-2H3,(H,16,18)/t11-,13+/m0/s1. The summed E-state index contributed by atoms with van der Waals surface area (Å²) in [5.41, 5.74) is 1.41. The zero-order valence-corrected chi connectivity index (χ0v) is 11.0. The highest BCUT2D eigenvalue weighted by Gasteiger charge is 2.45. The molecule has 96 valence electrons. The summed E-state index contributed by atoms with van der Waals surface area (Å²) in [5, 5.41) is 3.14. The minimum absolute atomic E-state index is 0.178. The van der Waals surface area contributed by atoms with Crippen molar-refractivity contribution >= 4 is 11.6 Å². The molecule has 0 aliphatic carbocycles. The maximum atomic E-state index is 11.9. The van der Waals surface area contributed by atoms with E-state index in [1.165, 1.54) is 5.69 Å². The van der Waals surface area contributed by atoms with Crippen LogP contribution in [0.2, 0.25) is 0 Å². The normalized spacial score (nSPS) is 29.9. The van der Waals surface area contributed by atoms with Crippen molar-refractivity contribution in [1.82, 2.24) is 5.32 Å². The highest BCUT2D eigenvalue weighted by Crippen LogP contribution is 2.41. The van der Waals surface area contributed by atoms with E-state index in [0.717, 1.165) is 13.0 Å². The van der Waals surface area contributed by atoms with E-state index in [4.69, 9.17) is 0 Å². The number of rotatable bonds is 1. The Morgan fingerprint density at radius 3 is 2.72 bits per heavy atom. The summed E-state index contributed by atoms with van der Waals surface area (Å²) in [6, 6.07) is 11.0. The monoisotopic (exact) mass is 244 g/mol. The van der Waals surface area contributed by atoms with Gasteiger partial charge in [-0.15, -0.1) is 0 Å². The first kappa shape index (κ1) is 11.6. The average Bonchev–Trinajstić information content (AvgIpc) is 2.54. The molecule has 3 nitrogen and oxygen atoms in total. The summed E-state index contributed by atoms with van der Waals surface area (Å²) in [5.74, 6) is 0.203. The molecule has 3 heterocycles. The molecule has 3 saturated heterocycles. The molecule has 0 aromatic heterocycles. The van der Waals surface area contributed by atoms with Crippen LogP contribution in [-0.2, 0) is 4.79 Å². The van der Waals surface area contributed by atoms with Crippen LogP contribution in [0.15, 0.2) is 30.3 Å². The van der Waals surface area contributed by atoms with Crippen molar-refractivity contribution in [3.05, 3.63) is 30.3 Å². The Hall–Kier alpha value is -1.51. The second-order valence-corrected chi connectivity index (χ2v) is 6.16. The lowest BCUT2D eigenvalue weighted by atomic mass is 9.74. The predicted octanol–water partition coefficient (Wildman–Crippen LogP) is 2.18. The average molecular weight is 244 g/mol. The molecular formula is C15H20N2O. The van der Waals surface area contributed by atoms with Gasteiger partial charge in [0.1, 0.15) is 0 Å². The summed E-state index contributed by atoms with van der Waals surface area (Å²) in [4.78, 5) is 14.3. The lowest BCUT2D eigenvalue weighted by Gasteiger charge is -2.47. The van der Waals surface area contributed by atoms with Crippen LogP contribution in [0.4, 0.5) is 5.69 Å². The van der Waals surface area contributed by atoms with E-state index in [1.807, 2.05) is 6.07 Å². The van der Waals surface area contributed by atoms with Crippen LogP contribution in [0.1, 0.15) is 26.7 Å². The quantitative estimate of drug-likeness (QED) is 0.821. The largest absolute Gasteiger partial charge is 0.365 e. The van der Waals surface area contributed by atoms with Crippen LogP contribution < -0.4 is 10.2 Å². The Morgan fingerprint density at radius 1 is 1.28 bits per heavy atom. The van der Waals surface area contributed by atoms with E-state index in [-0.39, 0.29) is 17.4 Å². The molecule has 3 fully saturated rings. The van der Waals surface area contributed by atoms with E-state index in [9.17, 15) is 4.79 Å². The molecule has 0 radical (unpaired) electrons. The van der Waals surface area contributed by atoms with Crippen molar-refractivity contribution in [3.8, 4) is 0 Å². The van der Waals surface area contributed by atoms with Crippen LogP contribution in [0, 0.1) is 5.41 Å². The minimum atomic E-state index is 0.178. The molecule has 1 aromatic carbocycles. The Morgan fingerprint density at radius 2 is 2.00 bits per heavy atom. The number of para-hydroxylation sites is 1. The van der Waals surface area contributed by atoms with E-state index in [1.54, 1.807) is 0 Å². The molecule has 1 N–H and O–H groups in total. The summed E-state index contributed by atoms with van der Waals surface area (Å²) < 4.78 is 0. The lowest BCUT2D eigenvalue weighted by molar-refractivity contribution is -0.121. The van der Waals surface area contributed by atoms with Crippen LogP contribution in [0.5, 0.6) is 0 Å². The van der Waals surface area contributed by atoms with Gasteiger partial charge in [0.25, 0.3) is 0 Å². The van der Waals surface area contributed by atoms with Crippen LogP contribution >= 0.6 is 0 Å². The van der Waals surface area contributed by atoms with Crippen LogP contribution in [-0.4, -0.2) is 24.5 Å². The van der Waals surface area contributed by atoms with Gasteiger partial charge in [-0.25, -0.2) is 0 Å². The summed E-state index contributed by atoms with van der Waals surface area (Å²) in [6.07, 6.45) is 1.69. The van der Waals surface area contributed by atoms with Gasteiger partial charge in [-0.2, -0.15) is 0 Å². The van der Waals surface area contributed by atoms with Gasteiger partial charge < -0.3 is 10.2 Å². The van der Waals surface area contributed by atoms with E-state index in [2.05, 4.69) is 48.3 Å². The summed E-state index contributed by atoms with van der Waals surface area (Å²) >= 11 is 0. The SMILES string of the molecule is CC1(C)C[C@H]2CN(c3ccccc3)[C@@H]1CC(=O)N2. The molecule has 0 saturated carbocycles. The number of benzene rings is 1. The van der Waals surface area contributed by atoms with Crippen LogP contribution in [0.25, 0.3) is 0 Å². The van der Waals surface area contributed by atoms with Crippen molar-refractivity contribution < 1.29 is 4.79 Å². The van der Waals surface area contributed by atoms with Gasteiger partial charge in [0.2, 0.25) is 5.91 Å². The lowest BCUT2D eigenvalue weighted by Crippen LogP contribution is -2.54. The van der Waals surface area contributed by atoms with E-state index >= 15 is 0 Å². The number of hydrogen-bond donors (Lipinski definition) is 1. The first-order valence-corrected chi connectivity index (χ1v) is 6.67. The molecular weight excluding hydrogens is 224 g/mol. The Labute approximate surface area is 108 Å². The van der Waals surface area contributed by atoms with Crippen molar-refractivity contribution in [2.24, 2.45) is 5.41 Å². The van der Waals surface area contributed by atoms with E-state index < -0.39 is 0 Å². The third-order valence-corrected chi connectivity index (χ3v) is 4.30. The minimum Gasteiger partial charge on any atom is -0.365 e. The number of nitrogens with zero attached hydrogens (tertiary/aromatic N) is 1. The van der Waals surface area contributed by atoms with Crippen molar-refractivity contribution in [3.63, 3.8) is 0 Å². The molecule has 3 heteroatoms. The molecule has 18 heavy (non-hydrogen) atoms. The highest BCUT2D eigenvalue weighted by atomic mass is 16.1. The van der Waals surface area contributed by atoms with Crippen molar-refractivity contribution in [2.45, 2.75) is 38.8 Å². The zero-order chi connectivity index (χ0) is 12.8. The molecule has 2 atom stereocenters. The fourth-order valence-electron chi connectivity index (χ4n) is 3.47. The Balaban J connectivity index is 1.99. The Bertz CT molecular complexity index is 455. The second-order valence-electron chi connectivity index (χ2n) is 6.16. The first-order valence-electron chi connectivity index (χ1n) is 6.67. The fraction of sp³-hybridized carbons (Fsp3) is 0.533. The van der Waals surface area contributed by atoms with Gasteiger partial charge in [0.05, 0.1) is 0 Å². The maximum Gasteiger partial charge on any atom is 0.222 e. The number of fused-ring (bicyclic) bond motifs is 4. The number of nitrogens with one attached hydrogen (secondary N) is 1. The number of amides is 1. The maximum absolute atomic E-state index is 11.9. The fourth-order valence-corrected chi connectivity index (χ4v) is 3.47. The number of anilines is 1. The molecule has 2 bridgehead atoms. The molecule has 3 aliphatic rings. The Kier molecular flexibility index (Phi) is 2.58. The van der Waals surface area contributed by atoms with Gasteiger partial charge in [0, 0.05) is 30.7 Å².